The molecule has 1 aromatic carbocycles. The second-order valence-corrected chi connectivity index (χ2v) is 8.73. The van der Waals surface area contributed by atoms with Crippen LogP contribution in [0.3, 0.4) is 0 Å². The molecule has 0 saturated carbocycles. The molecule has 0 aromatic heterocycles. The van der Waals surface area contributed by atoms with Crippen molar-refractivity contribution in [1.82, 2.24) is 10.0 Å². The van der Waals surface area contributed by atoms with Crippen LogP contribution in [0, 0.1) is 0 Å². The van der Waals surface area contributed by atoms with Gasteiger partial charge in [0.25, 0.3) is 0 Å². The Morgan fingerprint density at radius 1 is 1.15 bits per heavy atom. The average molecular weight is 490 g/mol. The SMILES string of the molecule is CC(=O)N[C@H]1[C@H]([C@H](O)C(O)CO)OC(C(=O)O)=C[C@@H]1NS(=O)(=O)c1ccc(O)c(C(=O)O)c1. The van der Waals surface area contributed by atoms with Gasteiger partial charge in [-0.1, -0.05) is 0 Å². The molecule has 8 N–H and O–H groups in total. The van der Waals surface area contributed by atoms with Gasteiger partial charge in [-0.15, -0.1) is 0 Å². The summed E-state index contributed by atoms with van der Waals surface area (Å²) < 4.78 is 33.0. The van der Waals surface area contributed by atoms with Crippen LogP contribution in [0.15, 0.2) is 34.9 Å². The molecule has 0 fully saturated rings. The number of amides is 1. The molecule has 0 spiro atoms. The minimum Gasteiger partial charge on any atom is -0.507 e. The lowest BCUT2D eigenvalue weighted by Gasteiger charge is -2.39. The lowest BCUT2D eigenvalue weighted by molar-refractivity contribution is -0.146. The van der Waals surface area contributed by atoms with Crippen molar-refractivity contribution < 1.29 is 58.2 Å². The lowest BCUT2D eigenvalue weighted by atomic mass is 9.92. The van der Waals surface area contributed by atoms with Crippen LogP contribution < -0.4 is 10.0 Å². The largest absolute Gasteiger partial charge is 0.507 e. The number of hydrogen-bond donors (Lipinski definition) is 8. The number of carboxylic acid groups (broad SMARTS) is 2. The van der Waals surface area contributed by atoms with E-state index in [2.05, 4.69) is 10.0 Å². The highest BCUT2D eigenvalue weighted by Gasteiger charge is 2.44. The predicted octanol–water partition coefficient (Wildman–Crippen LogP) is -2.68. The van der Waals surface area contributed by atoms with Crippen LogP contribution in [0.5, 0.6) is 5.75 Å². The van der Waals surface area contributed by atoms with Gasteiger partial charge in [-0.3, -0.25) is 4.79 Å². The number of sulfonamides is 1. The first-order chi connectivity index (χ1) is 15.3. The first-order valence-electron chi connectivity index (χ1n) is 9.23. The smallest absolute Gasteiger partial charge is 0.370 e. The Balaban J connectivity index is 2.54. The monoisotopic (exact) mass is 490 g/mol. The van der Waals surface area contributed by atoms with Gasteiger partial charge in [0.05, 0.1) is 23.6 Å². The van der Waals surface area contributed by atoms with E-state index in [9.17, 15) is 43.2 Å². The normalized spacial score (nSPS) is 22.4. The molecular formula is C18H22N2O12S. The number of phenols is 1. The molecule has 1 aromatic rings. The number of aromatic hydroxyl groups is 1. The van der Waals surface area contributed by atoms with Gasteiger partial charge >= 0.3 is 11.9 Å². The third-order valence-corrected chi connectivity index (χ3v) is 6.09. The highest BCUT2D eigenvalue weighted by Crippen LogP contribution is 2.26. The highest BCUT2D eigenvalue weighted by atomic mass is 32.2. The molecule has 33 heavy (non-hydrogen) atoms. The van der Waals surface area contributed by atoms with E-state index in [1.165, 1.54) is 0 Å². The zero-order valence-electron chi connectivity index (χ0n) is 16.9. The molecule has 2 rings (SSSR count). The number of aliphatic hydroxyl groups excluding tert-OH is 3. The van der Waals surface area contributed by atoms with E-state index < -0.39 is 86.8 Å². The molecule has 182 valence electrons. The molecule has 1 heterocycles. The summed E-state index contributed by atoms with van der Waals surface area (Å²) >= 11 is 0. The van der Waals surface area contributed by atoms with Crippen molar-refractivity contribution in [3.63, 3.8) is 0 Å². The number of rotatable bonds is 9. The summed E-state index contributed by atoms with van der Waals surface area (Å²) in [5, 5.41) is 59.5. The number of aromatic carboxylic acids is 1. The van der Waals surface area contributed by atoms with Crippen molar-refractivity contribution in [3.05, 3.63) is 35.6 Å². The third kappa shape index (κ3) is 5.96. The van der Waals surface area contributed by atoms with Crippen LogP contribution in [-0.4, -0.2) is 93.9 Å². The Kier molecular flexibility index (Phi) is 7.99. The van der Waals surface area contributed by atoms with Crippen LogP contribution in [0.4, 0.5) is 0 Å². The van der Waals surface area contributed by atoms with Crippen LogP contribution in [0.1, 0.15) is 17.3 Å². The van der Waals surface area contributed by atoms with Crippen molar-refractivity contribution >= 4 is 27.9 Å². The minimum absolute atomic E-state index is 0.608. The van der Waals surface area contributed by atoms with E-state index >= 15 is 0 Å². The molecule has 1 aliphatic rings. The first-order valence-corrected chi connectivity index (χ1v) is 10.7. The summed E-state index contributed by atoms with van der Waals surface area (Å²) in [6.45, 7) is 0.0921. The van der Waals surface area contributed by atoms with Crippen LogP contribution in [-0.2, 0) is 24.3 Å². The summed E-state index contributed by atoms with van der Waals surface area (Å²) in [6.07, 6.45) is -4.69. The summed E-state index contributed by atoms with van der Waals surface area (Å²) in [6, 6.07) is -0.647. The molecule has 1 unspecified atom stereocenters. The fraction of sp³-hybridized carbons (Fsp3) is 0.389. The van der Waals surface area contributed by atoms with Gasteiger partial charge < -0.3 is 40.7 Å². The van der Waals surface area contributed by atoms with Gasteiger partial charge in [-0.2, -0.15) is 0 Å². The maximum atomic E-state index is 12.9. The molecule has 5 atom stereocenters. The van der Waals surface area contributed by atoms with Crippen molar-refractivity contribution in [2.75, 3.05) is 6.61 Å². The molecule has 0 radical (unpaired) electrons. The van der Waals surface area contributed by atoms with Crippen molar-refractivity contribution in [2.24, 2.45) is 0 Å². The molecule has 0 bridgehead atoms. The third-order valence-electron chi connectivity index (χ3n) is 4.63. The fourth-order valence-corrected chi connectivity index (χ4v) is 4.31. The Morgan fingerprint density at radius 3 is 2.30 bits per heavy atom. The summed E-state index contributed by atoms with van der Waals surface area (Å²) in [5.74, 6) is -5.52. The first kappa shape index (κ1) is 26.0. The van der Waals surface area contributed by atoms with Crippen LogP contribution in [0.2, 0.25) is 0 Å². The molecule has 1 amide bonds. The van der Waals surface area contributed by atoms with E-state index in [1.807, 2.05) is 0 Å². The second-order valence-electron chi connectivity index (χ2n) is 7.02. The minimum atomic E-state index is -4.59. The Bertz CT molecular complexity index is 1070. The van der Waals surface area contributed by atoms with Gasteiger partial charge in [0.15, 0.2) is 0 Å². The molecular weight excluding hydrogens is 468 g/mol. The molecule has 0 saturated heterocycles. The van der Waals surface area contributed by atoms with Crippen molar-refractivity contribution in [1.29, 1.82) is 0 Å². The molecule has 0 aliphatic carbocycles. The van der Waals surface area contributed by atoms with E-state index in [0.29, 0.717) is 6.07 Å². The quantitative estimate of drug-likeness (QED) is 0.177. The number of nitrogens with one attached hydrogen (secondary N) is 2. The van der Waals surface area contributed by atoms with E-state index in [-0.39, 0.29) is 0 Å². The average Bonchev–Trinajstić information content (AvgIpc) is 2.72. The predicted molar refractivity (Wildman–Crippen MR) is 106 cm³/mol. The highest BCUT2D eigenvalue weighted by molar-refractivity contribution is 7.89. The number of carbonyl (C=O) groups excluding carboxylic acids is 1. The number of hydrogen-bond acceptors (Lipinski definition) is 10. The number of benzene rings is 1. The van der Waals surface area contributed by atoms with Crippen molar-refractivity contribution in [2.45, 2.75) is 42.2 Å². The van der Waals surface area contributed by atoms with Crippen LogP contribution in [0.25, 0.3) is 0 Å². The Labute approximate surface area is 186 Å². The van der Waals surface area contributed by atoms with Gasteiger partial charge in [-0.05, 0) is 24.3 Å². The van der Waals surface area contributed by atoms with E-state index in [1.54, 1.807) is 0 Å². The number of ether oxygens (including phenoxy) is 1. The van der Waals surface area contributed by atoms with Crippen molar-refractivity contribution in [3.8, 4) is 5.75 Å². The maximum absolute atomic E-state index is 12.9. The zero-order valence-corrected chi connectivity index (χ0v) is 17.8. The van der Waals surface area contributed by atoms with Gasteiger partial charge in [0.1, 0.15) is 29.6 Å². The standard InChI is InChI=1S/C18H22N2O12S/c1-7(22)19-14-10(5-13(18(28)29)32-16(14)15(25)12(24)6-21)20-33(30,31)8-2-3-11(23)9(4-8)17(26)27/h2-5,10,12,14-16,20-21,23-25H,6H2,1H3,(H,19,22)(H,26,27)(H,28,29)/t10-,12?,14+,15+,16+/m0/s1. The fourth-order valence-electron chi connectivity index (χ4n) is 3.08. The summed E-state index contributed by atoms with van der Waals surface area (Å²) in [4.78, 5) is 33.8. The number of aliphatic hydroxyl groups is 3. The van der Waals surface area contributed by atoms with E-state index in [0.717, 1.165) is 25.1 Å². The Morgan fingerprint density at radius 2 is 1.79 bits per heavy atom. The number of aliphatic carboxylic acids is 1. The second kappa shape index (κ2) is 10.1. The maximum Gasteiger partial charge on any atom is 0.370 e. The molecule has 14 nitrogen and oxygen atoms in total. The Hall–Kier alpha value is -3.24. The summed E-state index contributed by atoms with van der Waals surface area (Å²) in [5.41, 5.74) is -0.718. The van der Waals surface area contributed by atoms with Crippen LogP contribution >= 0.6 is 0 Å². The number of carbonyl (C=O) groups is 3. The zero-order chi connectivity index (χ0) is 25.1. The lowest BCUT2D eigenvalue weighted by Crippen LogP contribution is -2.63. The van der Waals surface area contributed by atoms with E-state index in [4.69, 9.17) is 14.9 Å². The number of carboxylic acids is 2. The van der Waals surface area contributed by atoms with Gasteiger partial charge in [0.2, 0.25) is 21.7 Å². The molecule has 15 heteroatoms. The molecule has 1 aliphatic heterocycles. The summed E-state index contributed by atoms with van der Waals surface area (Å²) in [7, 11) is -4.59. The topological polar surface area (TPSA) is 240 Å². The van der Waals surface area contributed by atoms with Gasteiger partial charge in [-0.25, -0.2) is 22.7 Å². The van der Waals surface area contributed by atoms with Gasteiger partial charge in [0, 0.05) is 6.92 Å².